The molecule has 0 bridgehead atoms. The number of hydrogen-bond acceptors (Lipinski definition) is 4. The zero-order valence-corrected chi connectivity index (χ0v) is 10.3. The number of hydroxylamine groups is 1. The van der Waals surface area contributed by atoms with Crippen molar-refractivity contribution in [3.63, 3.8) is 0 Å². The maximum atomic E-state index is 5.37. The van der Waals surface area contributed by atoms with Crippen LogP contribution >= 0.6 is 15.9 Å². The summed E-state index contributed by atoms with van der Waals surface area (Å²) in [5, 5.41) is 0. The highest BCUT2D eigenvalue weighted by molar-refractivity contribution is 9.10. The number of furan rings is 1. The Morgan fingerprint density at radius 3 is 2.71 bits per heavy atom. The van der Waals surface area contributed by atoms with E-state index in [1.54, 1.807) is 12.5 Å². The number of benzene rings is 1. The lowest BCUT2D eigenvalue weighted by molar-refractivity contribution is 0.0373. The molecule has 4 nitrogen and oxygen atoms in total. The van der Waals surface area contributed by atoms with Gasteiger partial charge in [0.2, 0.25) is 6.23 Å². The molecule has 86 valence electrons. The third-order valence-electron chi connectivity index (χ3n) is 2.46. The first kappa shape index (κ1) is 10.6. The Hall–Kier alpha value is -1.59. The van der Waals surface area contributed by atoms with Crippen LogP contribution in [0.4, 0.5) is 0 Å². The Morgan fingerprint density at radius 1 is 1.18 bits per heavy atom. The molecule has 1 N–H and O–H groups in total. The summed E-state index contributed by atoms with van der Waals surface area (Å²) < 4.78 is 6.03. The maximum absolute atomic E-state index is 5.37. The van der Waals surface area contributed by atoms with Gasteiger partial charge in [-0.25, -0.2) is 15.3 Å². The van der Waals surface area contributed by atoms with Crippen molar-refractivity contribution in [3.8, 4) is 0 Å². The average Bonchev–Trinajstić information content (AvgIpc) is 3.00. The van der Waals surface area contributed by atoms with Gasteiger partial charge in [-0.05, 0) is 18.2 Å². The van der Waals surface area contributed by atoms with E-state index in [4.69, 9.17) is 9.25 Å². The van der Waals surface area contributed by atoms with Crippen LogP contribution in [0.2, 0.25) is 0 Å². The number of amidine groups is 1. The summed E-state index contributed by atoms with van der Waals surface area (Å²) in [7, 11) is 0. The summed E-state index contributed by atoms with van der Waals surface area (Å²) >= 11 is 3.39. The van der Waals surface area contributed by atoms with Crippen LogP contribution in [0.3, 0.4) is 0 Å². The van der Waals surface area contributed by atoms with Gasteiger partial charge in [0.15, 0.2) is 5.84 Å². The lowest BCUT2D eigenvalue weighted by Crippen LogP contribution is -2.17. The molecule has 1 aromatic carbocycles. The lowest BCUT2D eigenvalue weighted by Gasteiger charge is -2.01. The van der Waals surface area contributed by atoms with Gasteiger partial charge < -0.3 is 4.42 Å². The van der Waals surface area contributed by atoms with Crippen molar-refractivity contribution in [1.82, 2.24) is 5.48 Å². The Labute approximate surface area is 106 Å². The molecule has 5 heteroatoms. The van der Waals surface area contributed by atoms with Crippen molar-refractivity contribution in [2.75, 3.05) is 0 Å². The molecule has 1 aromatic heterocycles. The van der Waals surface area contributed by atoms with Gasteiger partial charge in [-0.15, -0.1) is 0 Å². The predicted octanol–water partition coefficient (Wildman–Crippen LogP) is 3.02. The number of nitrogens with zero attached hydrogens (tertiary/aromatic N) is 1. The van der Waals surface area contributed by atoms with Crippen LogP contribution in [-0.4, -0.2) is 5.84 Å². The number of rotatable bonds is 2. The average molecular weight is 293 g/mol. The molecule has 0 radical (unpaired) electrons. The van der Waals surface area contributed by atoms with E-state index >= 15 is 0 Å². The summed E-state index contributed by atoms with van der Waals surface area (Å²) in [6.07, 6.45) is 2.89. The van der Waals surface area contributed by atoms with Gasteiger partial charge in [0.05, 0.1) is 12.5 Å². The van der Waals surface area contributed by atoms with E-state index in [0.717, 1.165) is 21.4 Å². The molecule has 0 saturated carbocycles. The SMILES string of the molecule is Brc1ccc(C2=NC(c3ccoc3)ON2)cc1. The molecule has 1 aliphatic rings. The van der Waals surface area contributed by atoms with E-state index in [9.17, 15) is 0 Å². The first-order chi connectivity index (χ1) is 8.33. The van der Waals surface area contributed by atoms with Gasteiger partial charge in [0.25, 0.3) is 0 Å². The first-order valence-electron chi connectivity index (χ1n) is 5.10. The zero-order chi connectivity index (χ0) is 11.7. The van der Waals surface area contributed by atoms with Gasteiger partial charge in [0, 0.05) is 15.6 Å². The van der Waals surface area contributed by atoms with Crippen LogP contribution in [0.5, 0.6) is 0 Å². The highest BCUT2D eigenvalue weighted by atomic mass is 79.9. The standard InChI is InChI=1S/C12H9BrN2O2/c13-10-3-1-8(2-4-10)11-14-12(17-15-11)9-5-6-16-7-9/h1-7,12H,(H,14,15). The minimum Gasteiger partial charge on any atom is -0.472 e. The zero-order valence-electron chi connectivity index (χ0n) is 8.76. The summed E-state index contributed by atoms with van der Waals surface area (Å²) in [4.78, 5) is 9.81. The smallest absolute Gasteiger partial charge is 0.205 e. The highest BCUT2D eigenvalue weighted by Crippen LogP contribution is 2.23. The molecule has 0 spiro atoms. The van der Waals surface area contributed by atoms with E-state index in [1.165, 1.54) is 0 Å². The van der Waals surface area contributed by atoms with E-state index < -0.39 is 0 Å². The predicted molar refractivity (Wildman–Crippen MR) is 66.3 cm³/mol. The fourth-order valence-electron chi connectivity index (χ4n) is 1.58. The van der Waals surface area contributed by atoms with Gasteiger partial charge in [-0.1, -0.05) is 28.1 Å². The third kappa shape index (κ3) is 2.11. The quantitative estimate of drug-likeness (QED) is 0.925. The van der Waals surface area contributed by atoms with Crippen molar-refractivity contribution < 1.29 is 9.25 Å². The van der Waals surface area contributed by atoms with Crippen LogP contribution in [0.25, 0.3) is 0 Å². The minimum absolute atomic E-state index is 0.340. The second kappa shape index (κ2) is 4.35. The molecule has 0 aliphatic carbocycles. The number of halogens is 1. The van der Waals surface area contributed by atoms with Crippen LogP contribution in [-0.2, 0) is 4.84 Å². The number of nitrogens with one attached hydrogen (secondary N) is 1. The molecule has 0 saturated heterocycles. The van der Waals surface area contributed by atoms with Gasteiger partial charge in [-0.3, -0.25) is 0 Å². The van der Waals surface area contributed by atoms with Crippen molar-refractivity contribution >= 4 is 21.8 Å². The van der Waals surface area contributed by atoms with Crippen molar-refractivity contribution in [3.05, 3.63) is 58.5 Å². The molecule has 0 amide bonds. The van der Waals surface area contributed by atoms with E-state index in [0.29, 0.717) is 0 Å². The fraction of sp³-hybridized carbons (Fsp3) is 0.0833. The van der Waals surface area contributed by atoms with E-state index in [2.05, 4.69) is 26.4 Å². The highest BCUT2D eigenvalue weighted by Gasteiger charge is 2.21. The first-order valence-corrected chi connectivity index (χ1v) is 5.90. The molecule has 0 fully saturated rings. The second-order valence-corrected chi connectivity index (χ2v) is 4.53. The van der Waals surface area contributed by atoms with E-state index in [-0.39, 0.29) is 6.23 Å². The largest absolute Gasteiger partial charge is 0.472 e. The molecule has 17 heavy (non-hydrogen) atoms. The molecular weight excluding hydrogens is 284 g/mol. The third-order valence-corrected chi connectivity index (χ3v) is 2.99. The van der Waals surface area contributed by atoms with Crippen LogP contribution in [0, 0.1) is 0 Å². The number of aliphatic imine (C=N–C) groups is 1. The van der Waals surface area contributed by atoms with Crippen LogP contribution in [0.15, 0.2) is 56.7 Å². The Bertz CT molecular complexity index is 534. The molecule has 1 unspecified atom stereocenters. The summed E-state index contributed by atoms with van der Waals surface area (Å²) in [5.74, 6) is 0.726. The molecule has 2 heterocycles. The molecule has 2 aromatic rings. The van der Waals surface area contributed by atoms with E-state index in [1.807, 2.05) is 30.3 Å². The Balaban J connectivity index is 1.86. The molecule has 1 aliphatic heterocycles. The fourth-order valence-corrected chi connectivity index (χ4v) is 1.85. The summed E-state index contributed by atoms with van der Waals surface area (Å²) in [6.45, 7) is 0. The topological polar surface area (TPSA) is 46.8 Å². The Morgan fingerprint density at radius 2 is 2.00 bits per heavy atom. The number of hydrogen-bond donors (Lipinski definition) is 1. The molecular formula is C12H9BrN2O2. The van der Waals surface area contributed by atoms with Crippen molar-refractivity contribution in [2.45, 2.75) is 6.23 Å². The van der Waals surface area contributed by atoms with Crippen LogP contribution < -0.4 is 5.48 Å². The van der Waals surface area contributed by atoms with Crippen molar-refractivity contribution in [1.29, 1.82) is 0 Å². The minimum atomic E-state index is -0.340. The van der Waals surface area contributed by atoms with Crippen LogP contribution in [0.1, 0.15) is 17.4 Å². The molecule has 3 rings (SSSR count). The Kier molecular flexibility index (Phi) is 2.70. The van der Waals surface area contributed by atoms with Gasteiger partial charge in [0.1, 0.15) is 0 Å². The lowest BCUT2D eigenvalue weighted by atomic mass is 10.2. The van der Waals surface area contributed by atoms with Crippen molar-refractivity contribution in [2.24, 2.45) is 4.99 Å². The summed E-state index contributed by atoms with van der Waals surface area (Å²) in [5.41, 5.74) is 4.70. The van der Waals surface area contributed by atoms with Gasteiger partial charge >= 0.3 is 0 Å². The maximum Gasteiger partial charge on any atom is 0.205 e. The van der Waals surface area contributed by atoms with Gasteiger partial charge in [-0.2, -0.15) is 0 Å². The normalized spacial score (nSPS) is 18.9. The second-order valence-electron chi connectivity index (χ2n) is 3.61. The summed E-state index contributed by atoms with van der Waals surface area (Å²) in [6, 6.07) is 9.70. The molecule has 1 atom stereocenters. The monoisotopic (exact) mass is 292 g/mol.